The Morgan fingerprint density at radius 3 is 2.32 bits per heavy atom. The molecule has 3 aliphatic carbocycles. The zero-order valence-corrected chi connectivity index (χ0v) is 12.4. The largest absolute Gasteiger partial charge is 0.392 e. The third-order valence-electron chi connectivity index (χ3n) is 6.02. The van der Waals surface area contributed by atoms with Gasteiger partial charge < -0.3 is 9.84 Å². The lowest BCUT2D eigenvalue weighted by molar-refractivity contribution is -0.221. The number of hydrogen-bond donors (Lipinski definition) is 1. The molecule has 0 aromatic heterocycles. The van der Waals surface area contributed by atoms with E-state index in [9.17, 15) is 5.11 Å². The molecule has 110 valence electrons. The Morgan fingerprint density at radius 1 is 0.947 bits per heavy atom. The summed E-state index contributed by atoms with van der Waals surface area (Å²) < 4.78 is 6.46. The number of hydrogen-bond acceptors (Lipinski definition) is 2. The van der Waals surface area contributed by atoms with E-state index in [1.165, 1.54) is 64.2 Å². The van der Waals surface area contributed by atoms with E-state index in [4.69, 9.17) is 4.74 Å². The molecule has 0 bridgehead atoms. The van der Waals surface area contributed by atoms with Crippen LogP contribution in [0, 0.1) is 11.3 Å². The summed E-state index contributed by atoms with van der Waals surface area (Å²) in [6.07, 6.45) is 14.5. The van der Waals surface area contributed by atoms with Crippen molar-refractivity contribution in [1.29, 1.82) is 0 Å². The predicted molar refractivity (Wildman–Crippen MR) is 77.1 cm³/mol. The van der Waals surface area contributed by atoms with E-state index in [0.717, 1.165) is 12.3 Å². The molecule has 2 nitrogen and oxygen atoms in total. The monoisotopic (exact) mass is 266 g/mol. The van der Waals surface area contributed by atoms with Crippen molar-refractivity contribution in [1.82, 2.24) is 0 Å². The van der Waals surface area contributed by atoms with E-state index in [1.807, 2.05) is 0 Å². The lowest BCUT2D eigenvalue weighted by Crippen LogP contribution is -2.59. The fraction of sp³-hybridized carbons (Fsp3) is 1.00. The first kappa shape index (κ1) is 13.9. The first-order valence-electron chi connectivity index (χ1n) is 8.54. The molecule has 0 aromatic carbocycles. The van der Waals surface area contributed by atoms with Crippen molar-refractivity contribution < 1.29 is 9.84 Å². The van der Waals surface area contributed by atoms with E-state index in [2.05, 4.69) is 6.92 Å². The van der Waals surface area contributed by atoms with Crippen molar-refractivity contribution in [2.24, 2.45) is 11.3 Å². The minimum absolute atomic E-state index is 0.0865. The minimum atomic E-state index is -0.0865. The number of ether oxygens (including phenoxy) is 1. The van der Waals surface area contributed by atoms with E-state index in [0.29, 0.717) is 12.2 Å². The normalized spacial score (nSPS) is 42.6. The SMILES string of the molecule is CC1CCCC(OC2CC(O)C23CCCCCC3)C1. The Labute approximate surface area is 117 Å². The smallest absolute Gasteiger partial charge is 0.0684 e. The Balaban J connectivity index is 1.60. The second-order valence-corrected chi connectivity index (χ2v) is 7.42. The number of aliphatic hydroxyl groups excluding tert-OH is 1. The van der Waals surface area contributed by atoms with Crippen molar-refractivity contribution >= 4 is 0 Å². The van der Waals surface area contributed by atoms with Gasteiger partial charge in [-0.05, 0) is 31.6 Å². The Morgan fingerprint density at radius 2 is 1.68 bits per heavy atom. The molecule has 0 radical (unpaired) electrons. The lowest BCUT2D eigenvalue weighted by atomic mass is 9.59. The molecule has 4 unspecified atom stereocenters. The van der Waals surface area contributed by atoms with Crippen LogP contribution >= 0.6 is 0 Å². The second kappa shape index (κ2) is 5.73. The van der Waals surface area contributed by atoms with Crippen molar-refractivity contribution in [3.63, 3.8) is 0 Å². The quantitative estimate of drug-likeness (QED) is 0.817. The van der Waals surface area contributed by atoms with Crippen molar-refractivity contribution in [2.45, 2.75) is 95.9 Å². The summed E-state index contributed by atoms with van der Waals surface area (Å²) in [6, 6.07) is 0. The average Bonchev–Trinajstić information content (AvgIpc) is 2.66. The topological polar surface area (TPSA) is 29.5 Å². The molecule has 4 atom stereocenters. The summed E-state index contributed by atoms with van der Waals surface area (Å²) in [4.78, 5) is 0. The fourth-order valence-electron chi connectivity index (χ4n) is 4.69. The van der Waals surface area contributed by atoms with Crippen molar-refractivity contribution in [3.05, 3.63) is 0 Å². The van der Waals surface area contributed by atoms with Gasteiger partial charge in [0.05, 0.1) is 18.3 Å². The maximum absolute atomic E-state index is 10.3. The van der Waals surface area contributed by atoms with Crippen LogP contribution < -0.4 is 0 Å². The van der Waals surface area contributed by atoms with Crippen molar-refractivity contribution in [2.75, 3.05) is 0 Å². The lowest BCUT2D eigenvalue weighted by Gasteiger charge is -2.54. The molecule has 1 N–H and O–H groups in total. The van der Waals surface area contributed by atoms with Crippen molar-refractivity contribution in [3.8, 4) is 0 Å². The van der Waals surface area contributed by atoms with E-state index < -0.39 is 0 Å². The maximum atomic E-state index is 10.3. The molecule has 3 saturated carbocycles. The summed E-state index contributed by atoms with van der Waals surface area (Å²) in [7, 11) is 0. The molecule has 0 aliphatic heterocycles. The zero-order valence-electron chi connectivity index (χ0n) is 12.4. The molecule has 1 spiro atoms. The van der Waals surface area contributed by atoms with Gasteiger partial charge in [0, 0.05) is 11.8 Å². The van der Waals surface area contributed by atoms with Gasteiger partial charge in [0.1, 0.15) is 0 Å². The minimum Gasteiger partial charge on any atom is -0.392 e. The van der Waals surface area contributed by atoms with Gasteiger partial charge in [-0.1, -0.05) is 45.4 Å². The van der Waals surface area contributed by atoms with Gasteiger partial charge in [-0.15, -0.1) is 0 Å². The van der Waals surface area contributed by atoms with Crippen LogP contribution in [0.25, 0.3) is 0 Å². The highest BCUT2D eigenvalue weighted by molar-refractivity contribution is 5.05. The highest BCUT2D eigenvalue weighted by Crippen LogP contribution is 2.53. The Kier molecular flexibility index (Phi) is 4.19. The molecule has 3 fully saturated rings. The molecule has 3 rings (SSSR count). The van der Waals surface area contributed by atoms with Crippen LogP contribution in [0.4, 0.5) is 0 Å². The highest BCUT2D eigenvalue weighted by atomic mass is 16.5. The summed E-state index contributed by atoms with van der Waals surface area (Å²) in [5, 5.41) is 10.3. The van der Waals surface area contributed by atoms with Crippen LogP contribution in [0.2, 0.25) is 0 Å². The van der Waals surface area contributed by atoms with Gasteiger partial charge in [-0.25, -0.2) is 0 Å². The molecule has 3 aliphatic rings. The number of aliphatic hydroxyl groups is 1. The van der Waals surface area contributed by atoms with Gasteiger partial charge in [0.25, 0.3) is 0 Å². The Hall–Kier alpha value is -0.0800. The van der Waals surface area contributed by atoms with Gasteiger partial charge >= 0.3 is 0 Å². The van der Waals surface area contributed by atoms with Gasteiger partial charge in [-0.3, -0.25) is 0 Å². The average molecular weight is 266 g/mol. The molecule has 19 heavy (non-hydrogen) atoms. The van der Waals surface area contributed by atoms with Crippen LogP contribution in [0.5, 0.6) is 0 Å². The fourth-order valence-corrected chi connectivity index (χ4v) is 4.69. The second-order valence-electron chi connectivity index (χ2n) is 7.42. The molecular weight excluding hydrogens is 236 g/mol. The van der Waals surface area contributed by atoms with E-state index in [-0.39, 0.29) is 11.5 Å². The summed E-state index contributed by atoms with van der Waals surface area (Å²) in [5.74, 6) is 0.828. The van der Waals surface area contributed by atoms with E-state index >= 15 is 0 Å². The molecule has 2 heteroatoms. The zero-order chi connectivity index (χ0) is 13.3. The first-order chi connectivity index (χ1) is 9.21. The molecule has 0 saturated heterocycles. The first-order valence-corrected chi connectivity index (χ1v) is 8.54. The van der Waals surface area contributed by atoms with Gasteiger partial charge in [0.15, 0.2) is 0 Å². The highest BCUT2D eigenvalue weighted by Gasteiger charge is 2.55. The standard InChI is InChI=1S/C17H30O2/c1-13-7-6-8-14(11-13)19-16-12-15(18)17(16)9-4-2-3-5-10-17/h13-16,18H,2-12H2,1H3. The van der Waals surface area contributed by atoms with Gasteiger partial charge in [-0.2, -0.15) is 0 Å². The molecule has 0 amide bonds. The van der Waals surface area contributed by atoms with Crippen LogP contribution in [0.3, 0.4) is 0 Å². The molecule has 0 heterocycles. The molecular formula is C17H30O2. The summed E-state index contributed by atoms with van der Waals surface area (Å²) in [6.45, 7) is 2.35. The number of rotatable bonds is 2. The summed E-state index contributed by atoms with van der Waals surface area (Å²) >= 11 is 0. The van der Waals surface area contributed by atoms with Crippen LogP contribution in [-0.4, -0.2) is 23.4 Å². The maximum Gasteiger partial charge on any atom is 0.0684 e. The van der Waals surface area contributed by atoms with Gasteiger partial charge in [0.2, 0.25) is 0 Å². The van der Waals surface area contributed by atoms with Crippen LogP contribution in [0.1, 0.15) is 77.6 Å². The summed E-state index contributed by atoms with van der Waals surface area (Å²) in [5.41, 5.74) is 0.136. The predicted octanol–water partition coefficient (Wildman–Crippen LogP) is 4.06. The molecule has 0 aromatic rings. The third kappa shape index (κ3) is 2.71. The third-order valence-corrected chi connectivity index (χ3v) is 6.02. The van der Waals surface area contributed by atoms with E-state index in [1.54, 1.807) is 0 Å². The van der Waals surface area contributed by atoms with Crippen LogP contribution in [0.15, 0.2) is 0 Å². The Bertz CT molecular complexity index is 294. The van der Waals surface area contributed by atoms with Crippen LogP contribution in [-0.2, 0) is 4.74 Å².